The van der Waals surface area contributed by atoms with E-state index >= 15 is 0 Å². The first-order valence-electron chi connectivity index (χ1n) is 6.64. The highest BCUT2D eigenvalue weighted by Gasteiger charge is 2.31. The molecule has 1 aliphatic heterocycles. The molecule has 0 amide bonds. The Kier molecular flexibility index (Phi) is 3.74. The molecule has 1 atom stereocenters. The lowest BCUT2D eigenvalue weighted by Crippen LogP contribution is -2.14. The summed E-state index contributed by atoms with van der Waals surface area (Å²) >= 11 is 1.25. The molecule has 1 saturated carbocycles. The zero-order chi connectivity index (χ0) is 13.2. The number of carboxylic acids is 1. The Labute approximate surface area is 115 Å². The van der Waals surface area contributed by atoms with Gasteiger partial charge in [0.1, 0.15) is 5.82 Å². The average molecular weight is 283 g/mol. The summed E-state index contributed by atoms with van der Waals surface area (Å²) in [7, 11) is 0. The molecule has 1 unspecified atom stereocenters. The number of thioether (sulfide) groups is 1. The second-order valence-electron chi connectivity index (χ2n) is 5.02. The number of carbonyl (C=O) groups is 1. The van der Waals surface area contributed by atoms with Gasteiger partial charge in [-0.15, -0.1) is 10.2 Å². The van der Waals surface area contributed by atoms with E-state index in [0.29, 0.717) is 6.04 Å². The molecule has 1 aromatic heterocycles. The Bertz CT molecular complexity index is 467. The molecule has 0 bridgehead atoms. The minimum atomic E-state index is -0.823. The molecule has 1 N–H and O–H groups in total. The number of nitrogens with zero attached hydrogens (tertiary/aromatic N) is 3. The standard InChI is InChI=1S/C12H17N3O3S/c16-11(17)7-19-12-14-13-10(15(12)8-3-4-8)6-9-2-1-5-18-9/h8-9H,1-7H2,(H,16,17). The summed E-state index contributed by atoms with van der Waals surface area (Å²) in [5, 5.41) is 17.9. The molecule has 3 rings (SSSR count). The number of hydrogen-bond acceptors (Lipinski definition) is 5. The number of aliphatic carboxylic acids is 1. The second kappa shape index (κ2) is 5.50. The highest BCUT2D eigenvalue weighted by atomic mass is 32.2. The van der Waals surface area contributed by atoms with Gasteiger partial charge in [0.2, 0.25) is 0 Å². The van der Waals surface area contributed by atoms with Crippen LogP contribution in [-0.4, -0.2) is 44.3 Å². The van der Waals surface area contributed by atoms with Gasteiger partial charge in [-0.25, -0.2) is 0 Å². The first kappa shape index (κ1) is 12.9. The van der Waals surface area contributed by atoms with Crippen molar-refractivity contribution in [2.75, 3.05) is 12.4 Å². The van der Waals surface area contributed by atoms with E-state index < -0.39 is 5.97 Å². The highest BCUT2D eigenvalue weighted by molar-refractivity contribution is 7.99. The molecule has 1 saturated heterocycles. The van der Waals surface area contributed by atoms with Crippen molar-refractivity contribution in [3.8, 4) is 0 Å². The zero-order valence-corrected chi connectivity index (χ0v) is 11.4. The summed E-state index contributed by atoms with van der Waals surface area (Å²) in [6, 6.07) is 0.461. The summed E-state index contributed by atoms with van der Waals surface area (Å²) in [5.74, 6) is 0.156. The van der Waals surface area contributed by atoms with Crippen LogP contribution in [0.25, 0.3) is 0 Å². The second-order valence-corrected chi connectivity index (χ2v) is 5.96. The maximum Gasteiger partial charge on any atom is 0.313 e. The highest BCUT2D eigenvalue weighted by Crippen LogP contribution is 2.39. The first-order valence-corrected chi connectivity index (χ1v) is 7.62. The Morgan fingerprint density at radius 3 is 2.89 bits per heavy atom. The molecule has 2 aliphatic rings. The SMILES string of the molecule is O=C(O)CSc1nnc(CC2CCCO2)n1C1CC1. The van der Waals surface area contributed by atoms with Gasteiger partial charge in [0.25, 0.3) is 0 Å². The minimum Gasteiger partial charge on any atom is -0.481 e. The van der Waals surface area contributed by atoms with Crippen molar-refractivity contribution in [2.45, 2.75) is 49.4 Å². The van der Waals surface area contributed by atoms with E-state index in [1.165, 1.54) is 11.8 Å². The molecular weight excluding hydrogens is 266 g/mol. The third kappa shape index (κ3) is 3.09. The van der Waals surface area contributed by atoms with Crippen LogP contribution in [0.1, 0.15) is 37.5 Å². The van der Waals surface area contributed by atoms with Gasteiger partial charge in [0.05, 0.1) is 11.9 Å². The van der Waals surface area contributed by atoms with Gasteiger partial charge < -0.3 is 14.4 Å². The minimum absolute atomic E-state index is 0.0325. The zero-order valence-electron chi connectivity index (χ0n) is 10.6. The lowest BCUT2D eigenvalue weighted by Gasteiger charge is -2.11. The molecular formula is C12H17N3O3S. The molecule has 0 aromatic carbocycles. The number of rotatable bonds is 6. The summed E-state index contributed by atoms with van der Waals surface area (Å²) < 4.78 is 7.76. The van der Waals surface area contributed by atoms with Crippen molar-refractivity contribution in [3.63, 3.8) is 0 Å². The van der Waals surface area contributed by atoms with E-state index in [9.17, 15) is 4.79 Å². The van der Waals surface area contributed by atoms with E-state index in [4.69, 9.17) is 9.84 Å². The third-order valence-corrected chi connectivity index (χ3v) is 4.33. The van der Waals surface area contributed by atoms with Crippen LogP contribution in [0.15, 0.2) is 5.16 Å². The number of hydrogen-bond donors (Lipinski definition) is 1. The van der Waals surface area contributed by atoms with E-state index in [-0.39, 0.29) is 11.9 Å². The van der Waals surface area contributed by atoms with Crippen LogP contribution in [0.2, 0.25) is 0 Å². The smallest absolute Gasteiger partial charge is 0.313 e. The van der Waals surface area contributed by atoms with Crippen LogP contribution >= 0.6 is 11.8 Å². The predicted octanol–water partition coefficient (Wildman–Crippen LogP) is 1.51. The molecule has 1 aromatic rings. The van der Waals surface area contributed by atoms with E-state index in [0.717, 1.165) is 49.7 Å². The van der Waals surface area contributed by atoms with Gasteiger partial charge in [-0.05, 0) is 25.7 Å². The molecule has 2 heterocycles. The fourth-order valence-electron chi connectivity index (χ4n) is 2.38. The van der Waals surface area contributed by atoms with Crippen molar-refractivity contribution in [1.29, 1.82) is 0 Å². The summed E-state index contributed by atoms with van der Waals surface area (Å²) in [4.78, 5) is 10.7. The summed E-state index contributed by atoms with van der Waals surface area (Å²) in [5.41, 5.74) is 0. The quantitative estimate of drug-likeness (QED) is 0.797. The Morgan fingerprint density at radius 1 is 1.42 bits per heavy atom. The maximum absolute atomic E-state index is 10.7. The van der Waals surface area contributed by atoms with Crippen molar-refractivity contribution in [2.24, 2.45) is 0 Å². The van der Waals surface area contributed by atoms with Gasteiger partial charge in [-0.3, -0.25) is 4.79 Å². The van der Waals surface area contributed by atoms with Gasteiger partial charge in [-0.2, -0.15) is 0 Å². The topological polar surface area (TPSA) is 77.2 Å². The number of aromatic nitrogens is 3. The monoisotopic (exact) mass is 283 g/mol. The van der Waals surface area contributed by atoms with Gasteiger partial charge in [-0.1, -0.05) is 11.8 Å². The Balaban J connectivity index is 1.73. The van der Waals surface area contributed by atoms with Crippen LogP contribution in [0.4, 0.5) is 0 Å². The maximum atomic E-state index is 10.7. The van der Waals surface area contributed by atoms with Crippen molar-refractivity contribution >= 4 is 17.7 Å². The van der Waals surface area contributed by atoms with Gasteiger partial charge in [0.15, 0.2) is 5.16 Å². The van der Waals surface area contributed by atoms with Gasteiger partial charge >= 0.3 is 5.97 Å². The molecule has 19 heavy (non-hydrogen) atoms. The van der Waals surface area contributed by atoms with Crippen LogP contribution in [0.3, 0.4) is 0 Å². The summed E-state index contributed by atoms with van der Waals surface area (Å²) in [6.45, 7) is 0.836. The Hall–Kier alpha value is -1.08. The summed E-state index contributed by atoms with van der Waals surface area (Å²) in [6.07, 6.45) is 5.50. The Morgan fingerprint density at radius 2 is 2.26 bits per heavy atom. The lowest BCUT2D eigenvalue weighted by molar-refractivity contribution is -0.133. The van der Waals surface area contributed by atoms with E-state index in [2.05, 4.69) is 14.8 Å². The van der Waals surface area contributed by atoms with Gasteiger partial charge in [0, 0.05) is 19.1 Å². The van der Waals surface area contributed by atoms with E-state index in [1.807, 2.05) is 0 Å². The average Bonchev–Trinajstić information content (AvgIpc) is 2.94. The van der Waals surface area contributed by atoms with Crippen LogP contribution in [-0.2, 0) is 16.0 Å². The van der Waals surface area contributed by atoms with E-state index in [1.54, 1.807) is 0 Å². The molecule has 104 valence electrons. The number of ether oxygens (including phenoxy) is 1. The van der Waals surface area contributed by atoms with Crippen molar-refractivity contribution in [1.82, 2.24) is 14.8 Å². The van der Waals surface area contributed by atoms with Crippen LogP contribution in [0.5, 0.6) is 0 Å². The third-order valence-electron chi connectivity index (χ3n) is 3.41. The van der Waals surface area contributed by atoms with Crippen molar-refractivity contribution in [3.05, 3.63) is 5.82 Å². The van der Waals surface area contributed by atoms with Crippen molar-refractivity contribution < 1.29 is 14.6 Å². The molecule has 0 spiro atoms. The largest absolute Gasteiger partial charge is 0.481 e. The molecule has 6 nitrogen and oxygen atoms in total. The molecule has 2 fully saturated rings. The molecule has 0 radical (unpaired) electrons. The van der Waals surface area contributed by atoms with Crippen LogP contribution < -0.4 is 0 Å². The molecule has 1 aliphatic carbocycles. The van der Waals surface area contributed by atoms with Crippen LogP contribution in [0, 0.1) is 0 Å². The number of carboxylic acid groups (broad SMARTS) is 1. The predicted molar refractivity (Wildman–Crippen MR) is 69.3 cm³/mol. The fourth-order valence-corrected chi connectivity index (χ4v) is 3.12. The molecule has 7 heteroatoms. The lowest BCUT2D eigenvalue weighted by atomic mass is 10.2. The fraction of sp³-hybridized carbons (Fsp3) is 0.750. The normalized spacial score (nSPS) is 22.8. The first-order chi connectivity index (χ1) is 9.24.